The molecule has 2 rings (SSSR count). The lowest BCUT2D eigenvalue weighted by molar-refractivity contribution is 0.227. The van der Waals surface area contributed by atoms with Gasteiger partial charge in [-0.05, 0) is 24.4 Å². The Balaban J connectivity index is 1.90. The summed E-state index contributed by atoms with van der Waals surface area (Å²) < 4.78 is 0. The number of piperidine rings is 1. The second kappa shape index (κ2) is 5.65. The van der Waals surface area contributed by atoms with Crippen LogP contribution >= 0.6 is 0 Å². The third-order valence-corrected chi connectivity index (χ3v) is 3.38. The number of hydrogen-bond acceptors (Lipinski definition) is 2. The van der Waals surface area contributed by atoms with E-state index in [9.17, 15) is 0 Å². The van der Waals surface area contributed by atoms with Gasteiger partial charge in [-0.2, -0.15) is 5.26 Å². The average molecular weight is 226 g/mol. The second-order valence-corrected chi connectivity index (χ2v) is 4.70. The number of nitriles is 1. The number of hydrogen-bond donors (Lipinski definition) is 0. The fourth-order valence-corrected chi connectivity index (χ4v) is 2.37. The summed E-state index contributed by atoms with van der Waals surface area (Å²) in [6, 6.07) is 12.8. The van der Waals surface area contributed by atoms with Crippen LogP contribution in [0.3, 0.4) is 0 Å². The number of benzene rings is 1. The minimum Gasteiger partial charge on any atom is -0.295 e. The zero-order valence-corrected chi connectivity index (χ0v) is 10.1. The van der Waals surface area contributed by atoms with Crippen LogP contribution in [0.25, 0.3) is 0 Å². The third kappa shape index (κ3) is 3.18. The molecule has 1 atom stereocenters. The molecule has 17 heavy (non-hydrogen) atoms. The van der Waals surface area contributed by atoms with E-state index >= 15 is 0 Å². The van der Waals surface area contributed by atoms with E-state index in [2.05, 4.69) is 41.8 Å². The van der Waals surface area contributed by atoms with E-state index in [4.69, 9.17) is 5.26 Å². The van der Waals surface area contributed by atoms with Gasteiger partial charge in [-0.1, -0.05) is 42.5 Å². The van der Waals surface area contributed by atoms with Crippen molar-refractivity contribution in [2.75, 3.05) is 13.1 Å². The van der Waals surface area contributed by atoms with Crippen molar-refractivity contribution in [1.82, 2.24) is 4.90 Å². The molecular formula is C15H18N2. The van der Waals surface area contributed by atoms with Crippen LogP contribution in [-0.4, -0.2) is 18.0 Å². The van der Waals surface area contributed by atoms with Crippen LogP contribution in [0.5, 0.6) is 0 Å². The molecule has 2 heteroatoms. The highest BCUT2D eigenvalue weighted by atomic mass is 15.1. The lowest BCUT2D eigenvalue weighted by Gasteiger charge is -2.32. The summed E-state index contributed by atoms with van der Waals surface area (Å²) in [5.74, 6) is 0.409. The van der Waals surface area contributed by atoms with Crippen molar-refractivity contribution < 1.29 is 0 Å². The van der Waals surface area contributed by atoms with Gasteiger partial charge in [-0.25, -0.2) is 0 Å². The maximum absolute atomic E-state index is 8.73. The monoisotopic (exact) mass is 226 g/mol. The Morgan fingerprint density at radius 2 is 2.12 bits per heavy atom. The van der Waals surface area contributed by atoms with Gasteiger partial charge >= 0.3 is 0 Å². The van der Waals surface area contributed by atoms with Gasteiger partial charge in [0.25, 0.3) is 0 Å². The third-order valence-electron chi connectivity index (χ3n) is 3.38. The Bertz CT molecular complexity index is 416. The zero-order valence-electron chi connectivity index (χ0n) is 10.1. The molecule has 1 heterocycles. The summed E-state index contributed by atoms with van der Waals surface area (Å²) in [4.78, 5) is 2.41. The standard InChI is InChI=1S/C15H18N2/c1-13-11-17(10-8-15(13)7-9-16)12-14-5-3-2-4-6-14/h2-6,15H,1,7-8,10-12H2. The Kier molecular flexibility index (Phi) is 3.95. The van der Waals surface area contributed by atoms with Crippen LogP contribution in [0.1, 0.15) is 18.4 Å². The first-order chi connectivity index (χ1) is 8.29. The largest absolute Gasteiger partial charge is 0.295 e. The fraction of sp³-hybridized carbons (Fsp3) is 0.400. The first kappa shape index (κ1) is 11.9. The van der Waals surface area contributed by atoms with E-state index in [1.807, 2.05) is 6.07 Å². The van der Waals surface area contributed by atoms with Crippen LogP contribution in [-0.2, 0) is 6.54 Å². The summed E-state index contributed by atoms with van der Waals surface area (Å²) >= 11 is 0. The van der Waals surface area contributed by atoms with Crippen LogP contribution in [0.15, 0.2) is 42.5 Å². The maximum atomic E-state index is 8.73. The molecule has 0 radical (unpaired) electrons. The molecule has 1 aliphatic rings. The molecular weight excluding hydrogens is 208 g/mol. The van der Waals surface area contributed by atoms with Crippen LogP contribution in [0.2, 0.25) is 0 Å². The van der Waals surface area contributed by atoms with Crippen molar-refractivity contribution in [1.29, 1.82) is 5.26 Å². The van der Waals surface area contributed by atoms with Crippen molar-refractivity contribution >= 4 is 0 Å². The summed E-state index contributed by atoms with van der Waals surface area (Å²) in [6.45, 7) is 7.10. The highest BCUT2D eigenvalue weighted by Crippen LogP contribution is 2.25. The molecule has 0 spiro atoms. The lowest BCUT2D eigenvalue weighted by Crippen LogP contribution is -2.34. The van der Waals surface area contributed by atoms with Crippen LogP contribution in [0, 0.1) is 17.2 Å². The number of likely N-dealkylation sites (tertiary alicyclic amines) is 1. The summed E-state index contributed by atoms with van der Waals surface area (Å²) in [5.41, 5.74) is 2.56. The van der Waals surface area contributed by atoms with Crippen molar-refractivity contribution in [3.63, 3.8) is 0 Å². The molecule has 0 aliphatic carbocycles. The van der Waals surface area contributed by atoms with Gasteiger partial charge in [0.1, 0.15) is 0 Å². The molecule has 0 N–H and O–H groups in total. The number of nitrogens with zero attached hydrogens (tertiary/aromatic N) is 2. The average Bonchev–Trinajstić information content (AvgIpc) is 2.34. The van der Waals surface area contributed by atoms with Crippen molar-refractivity contribution in [2.24, 2.45) is 5.92 Å². The lowest BCUT2D eigenvalue weighted by atomic mass is 9.90. The van der Waals surface area contributed by atoms with E-state index in [1.165, 1.54) is 11.1 Å². The quantitative estimate of drug-likeness (QED) is 0.741. The molecule has 0 bridgehead atoms. The van der Waals surface area contributed by atoms with E-state index in [0.29, 0.717) is 12.3 Å². The topological polar surface area (TPSA) is 27.0 Å². The predicted molar refractivity (Wildman–Crippen MR) is 69.2 cm³/mol. The molecule has 0 aromatic heterocycles. The number of rotatable bonds is 3. The summed E-state index contributed by atoms with van der Waals surface area (Å²) in [6.07, 6.45) is 1.69. The van der Waals surface area contributed by atoms with Crippen LogP contribution < -0.4 is 0 Å². The predicted octanol–water partition coefficient (Wildman–Crippen LogP) is 2.98. The smallest absolute Gasteiger partial charge is 0.0628 e. The van der Waals surface area contributed by atoms with Crippen molar-refractivity contribution in [3.8, 4) is 6.07 Å². The minimum atomic E-state index is 0.409. The summed E-state index contributed by atoms with van der Waals surface area (Å²) in [5, 5.41) is 8.73. The fourth-order valence-electron chi connectivity index (χ4n) is 2.37. The summed E-state index contributed by atoms with van der Waals surface area (Å²) in [7, 11) is 0. The molecule has 88 valence electrons. The van der Waals surface area contributed by atoms with Crippen molar-refractivity contribution in [2.45, 2.75) is 19.4 Å². The molecule has 0 amide bonds. The molecule has 1 unspecified atom stereocenters. The first-order valence-corrected chi connectivity index (χ1v) is 6.10. The maximum Gasteiger partial charge on any atom is 0.0628 e. The minimum absolute atomic E-state index is 0.409. The highest BCUT2D eigenvalue weighted by Gasteiger charge is 2.21. The Labute approximate surface area is 103 Å². The highest BCUT2D eigenvalue weighted by molar-refractivity contribution is 5.16. The molecule has 1 fully saturated rings. The molecule has 1 aromatic carbocycles. The van der Waals surface area contributed by atoms with Gasteiger partial charge in [-0.15, -0.1) is 0 Å². The van der Waals surface area contributed by atoms with Gasteiger partial charge in [0, 0.05) is 19.5 Å². The zero-order chi connectivity index (χ0) is 12.1. The van der Waals surface area contributed by atoms with E-state index < -0.39 is 0 Å². The molecule has 1 aromatic rings. The van der Waals surface area contributed by atoms with Gasteiger partial charge in [0.15, 0.2) is 0 Å². The van der Waals surface area contributed by atoms with E-state index in [-0.39, 0.29) is 0 Å². The Morgan fingerprint density at radius 1 is 1.35 bits per heavy atom. The SMILES string of the molecule is C=C1CN(Cc2ccccc2)CCC1CC#N. The Hall–Kier alpha value is -1.59. The van der Waals surface area contributed by atoms with Gasteiger partial charge < -0.3 is 0 Å². The van der Waals surface area contributed by atoms with E-state index in [1.54, 1.807) is 0 Å². The molecule has 0 saturated carbocycles. The molecule has 2 nitrogen and oxygen atoms in total. The second-order valence-electron chi connectivity index (χ2n) is 4.70. The molecule has 1 aliphatic heterocycles. The van der Waals surface area contributed by atoms with Gasteiger partial charge in [-0.3, -0.25) is 4.90 Å². The van der Waals surface area contributed by atoms with Crippen LogP contribution in [0.4, 0.5) is 0 Å². The Morgan fingerprint density at radius 3 is 2.76 bits per heavy atom. The first-order valence-electron chi connectivity index (χ1n) is 6.10. The normalized spacial score (nSPS) is 21.1. The van der Waals surface area contributed by atoms with Gasteiger partial charge in [0.2, 0.25) is 0 Å². The van der Waals surface area contributed by atoms with E-state index in [0.717, 1.165) is 26.1 Å². The molecule has 1 saturated heterocycles. The van der Waals surface area contributed by atoms with Crippen molar-refractivity contribution in [3.05, 3.63) is 48.0 Å². The van der Waals surface area contributed by atoms with Gasteiger partial charge in [0.05, 0.1) is 6.07 Å².